The molecule has 3 saturated carbocycles. The average molecular weight is 514 g/mol. The number of rotatable bonds is 7. The normalized spacial score (nSPS) is 44.5. The molecule has 0 aromatic carbocycles. The molecular formula is C30H43NO6. The fraction of sp³-hybridized carbons (Fsp3) is 0.767. The molecule has 4 fully saturated rings. The maximum atomic E-state index is 13.8. The molecule has 1 heterocycles. The average Bonchev–Trinajstić information content (AvgIpc) is 3.32. The summed E-state index contributed by atoms with van der Waals surface area (Å²) in [6.45, 7) is 9.06. The molecule has 9 atom stereocenters. The Labute approximate surface area is 220 Å². The van der Waals surface area contributed by atoms with Crippen LogP contribution in [0.5, 0.6) is 0 Å². The van der Waals surface area contributed by atoms with E-state index in [1.807, 2.05) is 13.0 Å². The highest BCUT2D eigenvalue weighted by atomic mass is 16.5. The Kier molecular flexibility index (Phi) is 6.82. The van der Waals surface area contributed by atoms with Gasteiger partial charge in [-0.15, -0.1) is 0 Å². The second-order valence-corrected chi connectivity index (χ2v) is 12.6. The van der Waals surface area contributed by atoms with E-state index >= 15 is 0 Å². The minimum atomic E-state index is -0.904. The van der Waals surface area contributed by atoms with Crippen molar-refractivity contribution in [3.8, 4) is 0 Å². The van der Waals surface area contributed by atoms with Gasteiger partial charge in [-0.1, -0.05) is 38.8 Å². The molecule has 5 rings (SSSR count). The van der Waals surface area contributed by atoms with Gasteiger partial charge in [0.2, 0.25) is 0 Å². The van der Waals surface area contributed by atoms with Gasteiger partial charge in [0.15, 0.2) is 11.6 Å². The summed E-state index contributed by atoms with van der Waals surface area (Å²) < 4.78 is 5.56. The predicted molar refractivity (Wildman–Crippen MR) is 138 cm³/mol. The topological polar surface area (TPSA) is 104 Å². The van der Waals surface area contributed by atoms with E-state index < -0.39 is 35.0 Å². The van der Waals surface area contributed by atoms with Gasteiger partial charge in [-0.25, -0.2) is 0 Å². The first-order chi connectivity index (χ1) is 17.6. The maximum Gasteiger partial charge on any atom is 0.323 e. The van der Waals surface area contributed by atoms with Crippen LogP contribution in [0.2, 0.25) is 0 Å². The van der Waals surface area contributed by atoms with Crippen LogP contribution in [0.1, 0.15) is 66.2 Å². The molecule has 1 aliphatic heterocycles. The van der Waals surface area contributed by atoms with Crippen molar-refractivity contribution in [1.82, 2.24) is 4.90 Å². The fourth-order valence-electron chi connectivity index (χ4n) is 9.76. The highest BCUT2D eigenvalue weighted by molar-refractivity contribution is 6.01. The first-order valence-electron chi connectivity index (χ1n) is 14.3. The van der Waals surface area contributed by atoms with Gasteiger partial charge in [0.1, 0.15) is 12.6 Å². The Hall–Kier alpha value is -1.83. The third-order valence-corrected chi connectivity index (χ3v) is 11.2. The number of Topliss-reactive ketones (excluding diaryl/α,β-unsaturated/α-hetero) is 1. The standard InChI is InChI=1S/C30H43NO6/c1-5-7-12-31-17-30(24(35)16-32)22(26(31)27(36)37-6-2)14-21-20-9-8-18-13-19(33)10-11-28(18,3)25(20)23(34)15-29(21,30)4/h10-11,13,20-23,25-26,32,34H,5-9,12,14-17H2,1-4H3. The van der Waals surface area contributed by atoms with Crippen LogP contribution in [0.4, 0.5) is 0 Å². The quantitative estimate of drug-likeness (QED) is 0.504. The molecule has 1 saturated heterocycles. The van der Waals surface area contributed by atoms with Crippen molar-refractivity contribution in [3.05, 3.63) is 23.8 Å². The number of hydrogen-bond donors (Lipinski definition) is 2. The maximum absolute atomic E-state index is 13.8. The first-order valence-corrected chi connectivity index (χ1v) is 14.3. The SMILES string of the molecule is CCCCN1CC2(C(=O)CO)C(CC3C4CCC5=CC(=O)C=CC5(C)C4C(O)CC32C)C1C(=O)OCC. The van der Waals surface area contributed by atoms with Crippen LogP contribution in [0.25, 0.3) is 0 Å². The largest absolute Gasteiger partial charge is 0.465 e. The molecule has 0 radical (unpaired) electrons. The summed E-state index contributed by atoms with van der Waals surface area (Å²) >= 11 is 0. The zero-order valence-electron chi connectivity index (χ0n) is 22.7. The number of unbranched alkanes of at least 4 members (excludes halogenated alkanes) is 1. The summed E-state index contributed by atoms with van der Waals surface area (Å²) in [7, 11) is 0. The number of ketones is 2. The number of likely N-dealkylation sites (tertiary alicyclic amines) is 1. The van der Waals surface area contributed by atoms with Gasteiger partial charge in [0.25, 0.3) is 0 Å². The molecule has 4 aliphatic carbocycles. The van der Waals surface area contributed by atoms with Gasteiger partial charge in [0.05, 0.1) is 18.1 Å². The molecule has 7 heteroatoms. The van der Waals surface area contributed by atoms with Crippen molar-refractivity contribution in [2.75, 3.05) is 26.3 Å². The molecule has 0 bridgehead atoms. The van der Waals surface area contributed by atoms with Gasteiger partial charge in [0, 0.05) is 17.9 Å². The number of esters is 1. The predicted octanol–water partition coefficient (Wildman–Crippen LogP) is 3.09. The minimum absolute atomic E-state index is 0.00778. The minimum Gasteiger partial charge on any atom is -0.465 e. The lowest BCUT2D eigenvalue weighted by Crippen LogP contribution is -2.60. The van der Waals surface area contributed by atoms with E-state index in [-0.39, 0.29) is 47.8 Å². The monoisotopic (exact) mass is 513 g/mol. The number of aliphatic hydroxyl groups is 2. The van der Waals surface area contributed by atoms with E-state index in [0.29, 0.717) is 25.9 Å². The van der Waals surface area contributed by atoms with Crippen molar-refractivity contribution in [2.24, 2.45) is 39.9 Å². The molecule has 37 heavy (non-hydrogen) atoms. The zero-order chi connectivity index (χ0) is 26.8. The second kappa shape index (κ2) is 9.42. The van der Waals surface area contributed by atoms with Crippen LogP contribution in [0, 0.1) is 39.9 Å². The molecule has 5 aliphatic rings. The summed E-state index contributed by atoms with van der Waals surface area (Å²) in [5.41, 5.74) is -0.746. The molecule has 0 aromatic heterocycles. The fourth-order valence-corrected chi connectivity index (χ4v) is 9.76. The van der Waals surface area contributed by atoms with E-state index in [4.69, 9.17) is 4.74 Å². The molecule has 9 unspecified atom stereocenters. The van der Waals surface area contributed by atoms with Crippen LogP contribution in [0.15, 0.2) is 23.8 Å². The number of carbonyl (C=O) groups excluding carboxylic acids is 3. The van der Waals surface area contributed by atoms with E-state index in [0.717, 1.165) is 31.3 Å². The Balaban J connectivity index is 1.59. The Morgan fingerprint density at radius 1 is 1.22 bits per heavy atom. The number of carbonyl (C=O) groups is 3. The van der Waals surface area contributed by atoms with E-state index in [1.54, 1.807) is 12.2 Å². The van der Waals surface area contributed by atoms with Crippen LogP contribution in [0.3, 0.4) is 0 Å². The van der Waals surface area contributed by atoms with Crippen molar-refractivity contribution in [3.63, 3.8) is 0 Å². The van der Waals surface area contributed by atoms with Crippen LogP contribution < -0.4 is 0 Å². The van der Waals surface area contributed by atoms with Crippen molar-refractivity contribution < 1.29 is 29.3 Å². The number of aliphatic hydroxyl groups excluding tert-OH is 2. The second-order valence-electron chi connectivity index (χ2n) is 12.6. The molecule has 204 valence electrons. The molecule has 0 spiro atoms. The summed E-state index contributed by atoms with van der Waals surface area (Å²) in [6, 6.07) is -0.512. The number of fused-ring (bicyclic) bond motifs is 7. The highest BCUT2D eigenvalue weighted by Crippen LogP contribution is 2.73. The highest BCUT2D eigenvalue weighted by Gasteiger charge is 2.76. The lowest BCUT2D eigenvalue weighted by atomic mass is 9.44. The lowest BCUT2D eigenvalue weighted by molar-refractivity contribution is -0.159. The summed E-state index contributed by atoms with van der Waals surface area (Å²) in [5, 5.41) is 22.1. The van der Waals surface area contributed by atoms with Crippen molar-refractivity contribution in [2.45, 2.75) is 78.4 Å². The third kappa shape index (κ3) is 3.60. The Morgan fingerprint density at radius 2 is 1.97 bits per heavy atom. The summed E-state index contributed by atoms with van der Waals surface area (Å²) in [5.74, 6) is -0.471. The summed E-state index contributed by atoms with van der Waals surface area (Å²) in [6.07, 6.45) is 9.42. The molecule has 7 nitrogen and oxygen atoms in total. The van der Waals surface area contributed by atoms with Crippen molar-refractivity contribution >= 4 is 17.5 Å². The van der Waals surface area contributed by atoms with E-state index in [9.17, 15) is 24.6 Å². The van der Waals surface area contributed by atoms with Gasteiger partial charge in [-0.2, -0.15) is 0 Å². The van der Waals surface area contributed by atoms with E-state index in [2.05, 4.69) is 25.7 Å². The van der Waals surface area contributed by atoms with Gasteiger partial charge >= 0.3 is 5.97 Å². The van der Waals surface area contributed by atoms with Gasteiger partial charge in [-0.3, -0.25) is 19.3 Å². The van der Waals surface area contributed by atoms with Crippen LogP contribution >= 0.6 is 0 Å². The number of hydrogen-bond acceptors (Lipinski definition) is 7. The lowest BCUT2D eigenvalue weighted by Gasteiger charge is -2.60. The molecular weight excluding hydrogens is 470 g/mol. The van der Waals surface area contributed by atoms with Crippen molar-refractivity contribution in [1.29, 1.82) is 0 Å². The first kappa shape index (κ1) is 26.8. The molecule has 0 amide bonds. The van der Waals surface area contributed by atoms with Crippen LogP contribution in [-0.4, -0.2) is 71.1 Å². The van der Waals surface area contributed by atoms with Gasteiger partial charge in [-0.05, 0) is 80.9 Å². The number of allylic oxidation sites excluding steroid dienone is 4. The third-order valence-electron chi connectivity index (χ3n) is 11.2. The summed E-state index contributed by atoms with van der Waals surface area (Å²) in [4.78, 5) is 41.5. The van der Waals surface area contributed by atoms with Crippen LogP contribution in [-0.2, 0) is 19.1 Å². The molecule has 0 aromatic rings. The number of nitrogens with zero attached hydrogens (tertiary/aromatic N) is 1. The smallest absolute Gasteiger partial charge is 0.323 e. The number of ether oxygens (including phenoxy) is 1. The Morgan fingerprint density at radius 3 is 2.65 bits per heavy atom. The molecule has 2 N–H and O–H groups in total. The van der Waals surface area contributed by atoms with Gasteiger partial charge < -0.3 is 14.9 Å². The Bertz CT molecular complexity index is 1040. The van der Waals surface area contributed by atoms with E-state index in [1.165, 1.54) is 0 Å². The zero-order valence-corrected chi connectivity index (χ0v) is 22.7.